The van der Waals surface area contributed by atoms with Gasteiger partial charge in [-0.05, 0) is 32.0 Å². The van der Waals surface area contributed by atoms with Gasteiger partial charge in [0.25, 0.3) is 0 Å². The number of anilines is 1. The zero-order valence-corrected chi connectivity index (χ0v) is 19.4. The highest BCUT2D eigenvalue weighted by atomic mass is 16.5. The summed E-state index contributed by atoms with van der Waals surface area (Å²) in [4.78, 5) is 36.8. The lowest BCUT2D eigenvalue weighted by molar-refractivity contribution is 0.0231. The Bertz CT molecular complexity index is 1250. The van der Waals surface area contributed by atoms with Crippen molar-refractivity contribution < 1.29 is 19.1 Å². The van der Waals surface area contributed by atoms with Crippen molar-refractivity contribution in [2.24, 2.45) is 0 Å². The molecular formula is C27H27N3O4. The van der Waals surface area contributed by atoms with Gasteiger partial charge in [0.15, 0.2) is 11.6 Å². The lowest BCUT2D eigenvalue weighted by Crippen LogP contribution is -2.51. The summed E-state index contributed by atoms with van der Waals surface area (Å²) in [5.41, 5.74) is 2.47. The highest BCUT2D eigenvalue weighted by molar-refractivity contribution is 6.00. The molecule has 0 aliphatic carbocycles. The number of nitrogens with zero attached hydrogens (tertiary/aromatic N) is 3. The molecule has 0 amide bonds. The first kappa shape index (κ1) is 22.1. The molecule has 2 aliphatic heterocycles. The Labute approximate surface area is 198 Å². The lowest BCUT2D eigenvalue weighted by Gasteiger charge is -2.44. The number of fused-ring (bicyclic) bond motifs is 1. The summed E-state index contributed by atoms with van der Waals surface area (Å²) in [6.45, 7) is 5.28. The number of piperidine rings is 1. The molecule has 3 heterocycles. The third-order valence-corrected chi connectivity index (χ3v) is 6.51. The van der Waals surface area contributed by atoms with E-state index >= 15 is 0 Å². The number of ketones is 1. The molecule has 0 atom stereocenters. The van der Waals surface area contributed by atoms with Crippen molar-refractivity contribution >= 4 is 17.6 Å². The number of aromatic nitrogens is 2. The van der Waals surface area contributed by atoms with E-state index in [9.17, 15) is 9.59 Å². The Kier molecular flexibility index (Phi) is 5.77. The van der Waals surface area contributed by atoms with Crippen LogP contribution in [0.2, 0.25) is 0 Å². The van der Waals surface area contributed by atoms with E-state index in [-0.39, 0.29) is 12.4 Å². The van der Waals surface area contributed by atoms with Gasteiger partial charge in [0, 0.05) is 37.7 Å². The molecule has 0 radical (unpaired) electrons. The van der Waals surface area contributed by atoms with Crippen molar-refractivity contribution in [1.29, 1.82) is 0 Å². The molecule has 0 unspecified atom stereocenters. The van der Waals surface area contributed by atoms with E-state index in [1.165, 1.54) is 0 Å². The van der Waals surface area contributed by atoms with Crippen molar-refractivity contribution in [1.82, 2.24) is 9.97 Å². The topological polar surface area (TPSA) is 81.6 Å². The zero-order valence-electron chi connectivity index (χ0n) is 19.4. The number of aryl methyl sites for hydroxylation is 1. The van der Waals surface area contributed by atoms with E-state index in [1.54, 1.807) is 13.1 Å². The number of ether oxygens (including phenoxy) is 2. The Morgan fingerprint density at radius 2 is 1.94 bits per heavy atom. The minimum atomic E-state index is -0.529. The summed E-state index contributed by atoms with van der Waals surface area (Å²) in [7, 11) is 0. The van der Waals surface area contributed by atoms with Crippen LogP contribution in [0.3, 0.4) is 0 Å². The van der Waals surface area contributed by atoms with E-state index < -0.39 is 11.6 Å². The fourth-order valence-electron chi connectivity index (χ4n) is 4.74. The van der Waals surface area contributed by atoms with Crippen LogP contribution in [0.5, 0.6) is 5.75 Å². The van der Waals surface area contributed by atoms with Gasteiger partial charge < -0.3 is 14.4 Å². The molecule has 5 rings (SSSR count). The largest absolute Gasteiger partial charge is 0.486 e. The molecule has 1 fully saturated rings. The molecule has 0 N–H and O–H groups in total. The van der Waals surface area contributed by atoms with Crippen LogP contribution in [0.4, 0.5) is 5.82 Å². The Balaban J connectivity index is 1.43. The van der Waals surface area contributed by atoms with E-state index in [0.717, 1.165) is 11.1 Å². The first-order valence-corrected chi connectivity index (χ1v) is 11.7. The first-order valence-electron chi connectivity index (χ1n) is 11.7. The highest BCUT2D eigenvalue weighted by Crippen LogP contribution is 2.40. The molecule has 3 aromatic rings. The van der Waals surface area contributed by atoms with Crippen LogP contribution < -0.4 is 9.64 Å². The third-order valence-electron chi connectivity index (χ3n) is 6.51. The second-order valence-corrected chi connectivity index (χ2v) is 8.89. The molecule has 1 spiro atoms. The zero-order chi connectivity index (χ0) is 23.7. The van der Waals surface area contributed by atoms with E-state index in [0.29, 0.717) is 60.9 Å². The summed E-state index contributed by atoms with van der Waals surface area (Å²) >= 11 is 0. The summed E-state index contributed by atoms with van der Waals surface area (Å²) in [5.74, 6) is 1.45. The standard InChI is InChI=1S/C27H27N3O4/c1-3-33-26(32)21-17-28-24(19-8-6-7-18(2)15-19)29-25(21)30-13-11-27(12-14-30)16-22(31)20-9-4-5-10-23(20)34-27/h4-10,15,17H,3,11-14,16H2,1-2H3. The monoisotopic (exact) mass is 457 g/mol. The average Bonchev–Trinajstić information content (AvgIpc) is 2.84. The molecule has 174 valence electrons. The van der Waals surface area contributed by atoms with Crippen LogP contribution in [-0.4, -0.2) is 47.0 Å². The molecule has 1 saturated heterocycles. The van der Waals surface area contributed by atoms with Gasteiger partial charge in [0.1, 0.15) is 22.7 Å². The number of carbonyl (C=O) groups is 2. The van der Waals surface area contributed by atoms with Gasteiger partial charge in [-0.2, -0.15) is 0 Å². The predicted octanol–water partition coefficient (Wildman–Crippen LogP) is 4.63. The number of hydrogen-bond acceptors (Lipinski definition) is 7. The molecule has 2 aliphatic rings. The highest BCUT2D eigenvalue weighted by Gasteiger charge is 2.43. The van der Waals surface area contributed by atoms with E-state index in [4.69, 9.17) is 14.5 Å². The van der Waals surface area contributed by atoms with Gasteiger partial charge in [-0.25, -0.2) is 14.8 Å². The summed E-state index contributed by atoms with van der Waals surface area (Å²) in [5, 5.41) is 0. The van der Waals surface area contributed by atoms with Crippen molar-refractivity contribution in [3.05, 3.63) is 71.4 Å². The van der Waals surface area contributed by atoms with Crippen LogP contribution >= 0.6 is 0 Å². The van der Waals surface area contributed by atoms with Crippen molar-refractivity contribution in [2.45, 2.75) is 38.7 Å². The van der Waals surface area contributed by atoms with Crippen molar-refractivity contribution in [3.8, 4) is 17.1 Å². The number of carbonyl (C=O) groups excluding carboxylic acids is 2. The smallest absolute Gasteiger partial charge is 0.343 e. The van der Waals surface area contributed by atoms with Crippen LogP contribution in [0, 0.1) is 6.92 Å². The van der Waals surface area contributed by atoms with Gasteiger partial charge in [-0.1, -0.05) is 35.9 Å². The molecule has 7 nitrogen and oxygen atoms in total. The molecule has 1 aromatic heterocycles. The first-order chi connectivity index (χ1) is 16.5. The second kappa shape index (κ2) is 8.89. The maximum absolute atomic E-state index is 12.8. The molecule has 2 aromatic carbocycles. The maximum Gasteiger partial charge on any atom is 0.343 e. The van der Waals surface area contributed by atoms with Crippen molar-refractivity contribution in [2.75, 3.05) is 24.6 Å². The fourth-order valence-corrected chi connectivity index (χ4v) is 4.74. The minimum absolute atomic E-state index is 0.117. The van der Waals surface area contributed by atoms with Gasteiger partial charge >= 0.3 is 5.97 Å². The lowest BCUT2D eigenvalue weighted by atomic mass is 9.82. The molecule has 0 saturated carbocycles. The predicted molar refractivity (Wildman–Crippen MR) is 128 cm³/mol. The maximum atomic E-state index is 12.8. The number of rotatable bonds is 4. The second-order valence-electron chi connectivity index (χ2n) is 8.89. The Morgan fingerprint density at radius 1 is 1.15 bits per heavy atom. The summed E-state index contributed by atoms with van der Waals surface area (Å²) < 4.78 is 11.6. The quantitative estimate of drug-likeness (QED) is 0.528. The SMILES string of the molecule is CCOC(=O)c1cnc(-c2cccc(C)c2)nc1N1CCC2(CC1)CC(=O)c1ccccc1O2. The minimum Gasteiger partial charge on any atom is -0.486 e. The number of para-hydroxylation sites is 1. The van der Waals surface area contributed by atoms with Gasteiger partial charge in [0.2, 0.25) is 0 Å². The number of esters is 1. The fraction of sp³-hybridized carbons (Fsp3) is 0.333. The Morgan fingerprint density at radius 3 is 2.71 bits per heavy atom. The van der Waals surface area contributed by atoms with Gasteiger partial charge in [-0.15, -0.1) is 0 Å². The number of Topliss-reactive ketones (excluding diaryl/α,β-unsaturated/α-hetero) is 1. The molecule has 34 heavy (non-hydrogen) atoms. The third kappa shape index (κ3) is 4.14. The number of benzene rings is 2. The molecular weight excluding hydrogens is 430 g/mol. The summed E-state index contributed by atoms with van der Waals surface area (Å²) in [6.07, 6.45) is 3.22. The summed E-state index contributed by atoms with van der Waals surface area (Å²) in [6, 6.07) is 15.4. The Hall–Kier alpha value is -3.74. The van der Waals surface area contributed by atoms with Crippen LogP contribution in [0.15, 0.2) is 54.7 Å². The molecule has 7 heteroatoms. The van der Waals surface area contributed by atoms with Crippen LogP contribution in [0.25, 0.3) is 11.4 Å². The van der Waals surface area contributed by atoms with E-state index in [1.807, 2.05) is 55.5 Å². The number of hydrogen-bond donors (Lipinski definition) is 0. The van der Waals surface area contributed by atoms with Crippen molar-refractivity contribution in [3.63, 3.8) is 0 Å². The van der Waals surface area contributed by atoms with Gasteiger partial charge in [-0.3, -0.25) is 4.79 Å². The van der Waals surface area contributed by atoms with Crippen LogP contribution in [0.1, 0.15) is 52.5 Å². The van der Waals surface area contributed by atoms with Gasteiger partial charge in [0.05, 0.1) is 18.6 Å². The van der Waals surface area contributed by atoms with Crippen LogP contribution in [-0.2, 0) is 4.74 Å². The molecule has 0 bridgehead atoms. The normalized spacial score (nSPS) is 16.6. The average molecular weight is 458 g/mol. The van der Waals surface area contributed by atoms with E-state index in [2.05, 4.69) is 9.88 Å².